The first-order valence-corrected chi connectivity index (χ1v) is 6.34. The van der Waals surface area contributed by atoms with Crippen molar-refractivity contribution < 1.29 is 9.53 Å². The molecule has 0 aromatic rings. The summed E-state index contributed by atoms with van der Waals surface area (Å²) in [5.41, 5.74) is -0.585. The van der Waals surface area contributed by atoms with Crippen LogP contribution in [0.15, 0.2) is 0 Å². The molecule has 0 spiro atoms. The van der Waals surface area contributed by atoms with Gasteiger partial charge in [-0.1, -0.05) is 13.8 Å². The van der Waals surface area contributed by atoms with Crippen LogP contribution in [-0.2, 0) is 9.53 Å². The standard InChI is InChI=1S/C11H23NO2S/c1-8(2)12-11(5,10(13)14-6)7-15-9(3)4/h8-9,12H,7H2,1-6H3. The van der Waals surface area contributed by atoms with E-state index < -0.39 is 5.54 Å². The topological polar surface area (TPSA) is 38.3 Å². The zero-order valence-corrected chi connectivity index (χ0v) is 11.4. The van der Waals surface area contributed by atoms with Crippen molar-refractivity contribution >= 4 is 17.7 Å². The van der Waals surface area contributed by atoms with Gasteiger partial charge in [0.15, 0.2) is 0 Å². The third-order valence-electron chi connectivity index (χ3n) is 1.95. The lowest BCUT2D eigenvalue weighted by atomic mass is 10.0. The third kappa shape index (κ3) is 5.42. The SMILES string of the molecule is COC(=O)C(C)(CSC(C)C)NC(C)C. The van der Waals surface area contributed by atoms with E-state index in [2.05, 4.69) is 19.2 Å². The predicted octanol–water partition coefficient (Wildman–Crippen LogP) is 2.06. The van der Waals surface area contributed by atoms with Gasteiger partial charge in [0.25, 0.3) is 0 Å². The first-order valence-electron chi connectivity index (χ1n) is 5.29. The number of thioether (sulfide) groups is 1. The van der Waals surface area contributed by atoms with E-state index in [1.165, 1.54) is 7.11 Å². The van der Waals surface area contributed by atoms with Crippen LogP contribution in [0.25, 0.3) is 0 Å². The van der Waals surface area contributed by atoms with E-state index in [9.17, 15) is 4.79 Å². The maximum absolute atomic E-state index is 11.7. The second-order valence-corrected chi connectivity index (χ2v) is 6.05. The van der Waals surface area contributed by atoms with Crippen molar-refractivity contribution in [2.24, 2.45) is 0 Å². The Morgan fingerprint density at radius 2 is 1.93 bits per heavy atom. The normalized spacial score (nSPS) is 15.5. The number of hydrogen-bond donors (Lipinski definition) is 1. The monoisotopic (exact) mass is 233 g/mol. The molecule has 90 valence electrons. The van der Waals surface area contributed by atoms with Crippen molar-refractivity contribution in [1.82, 2.24) is 5.32 Å². The van der Waals surface area contributed by atoms with Crippen LogP contribution < -0.4 is 5.32 Å². The van der Waals surface area contributed by atoms with E-state index in [-0.39, 0.29) is 12.0 Å². The van der Waals surface area contributed by atoms with E-state index in [1.54, 1.807) is 11.8 Å². The van der Waals surface area contributed by atoms with Crippen LogP contribution in [0.1, 0.15) is 34.6 Å². The summed E-state index contributed by atoms with van der Waals surface area (Å²) < 4.78 is 4.83. The molecule has 0 aliphatic carbocycles. The number of methoxy groups -OCH3 is 1. The molecular weight excluding hydrogens is 210 g/mol. The maximum Gasteiger partial charge on any atom is 0.326 e. The van der Waals surface area contributed by atoms with Gasteiger partial charge in [-0.25, -0.2) is 0 Å². The highest BCUT2D eigenvalue weighted by Gasteiger charge is 2.34. The van der Waals surface area contributed by atoms with Crippen LogP contribution in [0.5, 0.6) is 0 Å². The lowest BCUT2D eigenvalue weighted by Crippen LogP contribution is -2.55. The van der Waals surface area contributed by atoms with E-state index >= 15 is 0 Å². The number of ether oxygens (including phenoxy) is 1. The quantitative estimate of drug-likeness (QED) is 0.713. The summed E-state index contributed by atoms with van der Waals surface area (Å²) in [5.74, 6) is 0.541. The summed E-state index contributed by atoms with van der Waals surface area (Å²) in [4.78, 5) is 11.7. The number of rotatable bonds is 6. The second-order valence-electron chi connectivity index (χ2n) is 4.48. The Kier molecular flexibility index (Phi) is 6.29. The van der Waals surface area contributed by atoms with Gasteiger partial charge < -0.3 is 4.74 Å². The Morgan fingerprint density at radius 1 is 1.40 bits per heavy atom. The van der Waals surface area contributed by atoms with E-state index in [0.29, 0.717) is 5.25 Å². The Balaban J connectivity index is 4.47. The molecule has 0 saturated heterocycles. The fourth-order valence-corrected chi connectivity index (χ4v) is 2.22. The van der Waals surface area contributed by atoms with Gasteiger partial charge in [0.2, 0.25) is 0 Å². The molecule has 0 heterocycles. The highest BCUT2D eigenvalue weighted by molar-refractivity contribution is 7.99. The summed E-state index contributed by atoms with van der Waals surface area (Å²) >= 11 is 1.76. The number of carbonyl (C=O) groups is 1. The van der Waals surface area contributed by atoms with Crippen LogP contribution in [0.3, 0.4) is 0 Å². The van der Waals surface area contributed by atoms with Gasteiger partial charge >= 0.3 is 5.97 Å². The molecule has 0 bridgehead atoms. The van der Waals surface area contributed by atoms with E-state index in [1.807, 2.05) is 20.8 Å². The molecule has 0 aliphatic heterocycles. The molecule has 1 N–H and O–H groups in total. The number of nitrogens with one attached hydrogen (secondary N) is 1. The Morgan fingerprint density at radius 3 is 2.27 bits per heavy atom. The molecule has 0 saturated carbocycles. The molecule has 1 atom stereocenters. The summed E-state index contributed by atoms with van der Waals surface area (Å²) in [5, 5.41) is 3.78. The lowest BCUT2D eigenvalue weighted by Gasteiger charge is -2.30. The van der Waals surface area contributed by atoms with E-state index in [0.717, 1.165) is 5.75 Å². The Hall–Kier alpha value is -0.220. The van der Waals surface area contributed by atoms with Gasteiger partial charge in [-0.3, -0.25) is 10.1 Å². The molecule has 4 heteroatoms. The van der Waals surface area contributed by atoms with E-state index in [4.69, 9.17) is 4.74 Å². The number of hydrogen-bond acceptors (Lipinski definition) is 4. The van der Waals surface area contributed by atoms with Crippen LogP contribution in [0, 0.1) is 0 Å². The minimum absolute atomic E-state index is 0.190. The van der Waals surface area contributed by atoms with Gasteiger partial charge in [0, 0.05) is 11.8 Å². The molecular formula is C11H23NO2S. The minimum atomic E-state index is -0.585. The average molecular weight is 233 g/mol. The molecule has 0 fully saturated rings. The third-order valence-corrected chi connectivity index (χ3v) is 3.36. The molecule has 3 nitrogen and oxygen atoms in total. The first kappa shape index (κ1) is 14.8. The van der Waals surface area contributed by atoms with Crippen LogP contribution >= 0.6 is 11.8 Å². The van der Waals surface area contributed by atoms with Gasteiger partial charge in [-0.2, -0.15) is 11.8 Å². The van der Waals surface area contributed by atoms with Crippen LogP contribution in [0.2, 0.25) is 0 Å². The zero-order chi connectivity index (χ0) is 12.1. The van der Waals surface area contributed by atoms with Crippen molar-refractivity contribution in [2.75, 3.05) is 12.9 Å². The smallest absolute Gasteiger partial charge is 0.326 e. The maximum atomic E-state index is 11.7. The summed E-state index contributed by atoms with van der Waals surface area (Å²) in [6, 6.07) is 0.266. The highest BCUT2D eigenvalue weighted by Crippen LogP contribution is 2.19. The van der Waals surface area contributed by atoms with Gasteiger partial charge in [-0.15, -0.1) is 0 Å². The molecule has 0 aromatic heterocycles. The van der Waals surface area contributed by atoms with Crippen molar-refractivity contribution in [1.29, 1.82) is 0 Å². The largest absolute Gasteiger partial charge is 0.468 e. The van der Waals surface area contributed by atoms with Crippen LogP contribution in [0.4, 0.5) is 0 Å². The van der Waals surface area contributed by atoms with Crippen LogP contribution in [-0.4, -0.2) is 35.7 Å². The molecule has 15 heavy (non-hydrogen) atoms. The van der Waals surface area contributed by atoms with Crippen molar-refractivity contribution in [2.45, 2.75) is 51.4 Å². The van der Waals surface area contributed by atoms with Crippen molar-refractivity contribution in [3.8, 4) is 0 Å². The Labute approximate surface area is 97.3 Å². The fourth-order valence-electron chi connectivity index (χ4n) is 1.36. The zero-order valence-electron chi connectivity index (χ0n) is 10.6. The van der Waals surface area contributed by atoms with Gasteiger partial charge in [-0.05, 0) is 26.0 Å². The fraction of sp³-hybridized carbons (Fsp3) is 0.909. The number of esters is 1. The highest BCUT2D eigenvalue weighted by atomic mass is 32.2. The van der Waals surface area contributed by atoms with Crippen molar-refractivity contribution in [3.63, 3.8) is 0 Å². The molecule has 0 rings (SSSR count). The molecule has 0 aromatic carbocycles. The number of carbonyl (C=O) groups excluding carboxylic acids is 1. The molecule has 0 amide bonds. The predicted molar refractivity (Wildman–Crippen MR) is 66.3 cm³/mol. The first-order chi connectivity index (χ1) is 6.81. The van der Waals surface area contributed by atoms with Gasteiger partial charge in [0.1, 0.15) is 5.54 Å². The minimum Gasteiger partial charge on any atom is -0.468 e. The average Bonchev–Trinajstić information content (AvgIpc) is 2.12. The summed E-state index contributed by atoms with van der Waals surface area (Å²) in [7, 11) is 1.43. The van der Waals surface area contributed by atoms with Crippen molar-refractivity contribution in [3.05, 3.63) is 0 Å². The Bertz CT molecular complexity index is 207. The summed E-state index contributed by atoms with van der Waals surface area (Å²) in [6.45, 7) is 10.2. The van der Waals surface area contributed by atoms with Gasteiger partial charge in [0.05, 0.1) is 7.11 Å². The summed E-state index contributed by atoms with van der Waals surface area (Å²) in [6.07, 6.45) is 0. The molecule has 0 aliphatic rings. The molecule has 0 radical (unpaired) electrons. The second kappa shape index (κ2) is 6.38. The molecule has 1 unspecified atom stereocenters. The lowest BCUT2D eigenvalue weighted by molar-refractivity contribution is -0.147.